The Hall–Kier alpha value is -2.07. The molecule has 19 heavy (non-hydrogen) atoms. The summed E-state index contributed by atoms with van der Waals surface area (Å²) in [5.74, 6) is -1.21. The normalized spacial score (nSPS) is 10.3. The number of halogens is 2. The number of carbonyl (C=O) groups excluding carboxylic acids is 1. The van der Waals surface area contributed by atoms with E-state index in [2.05, 4.69) is 5.32 Å². The van der Waals surface area contributed by atoms with E-state index in [0.29, 0.717) is 16.4 Å². The van der Waals surface area contributed by atoms with Crippen molar-refractivity contribution in [1.82, 2.24) is 0 Å². The Morgan fingerprint density at radius 3 is 2.74 bits per heavy atom. The van der Waals surface area contributed by atoms with Crippen molar-refractivity contribution in [3.8, 4) is 0 Å². The first kappa shape index (κ1) is 13.4. The summed E-state index contributed by atoms with van der Waals surface area (Å²) in [6.07, 6.45) is 0. The molecule has 0 aliphatic carbocycles. The smallest absolute Gasteiger partial charge is 0.258 e. The Morgan fingerprint density at radius 2 is 2.05 bits per heavy atom. The van der Waals surface area contributed by atoms with Gasteiger partial charge in [-0.15, -0.1) is 0 Å². The number of rotatable bonds is 2. The lowest BCUT2D eigenvalue weighted by molar-refractivity contribution is 0.102. The first-order valence-corrected chi connectivity index (χ1v) is 5.98. The number of hydrogen-bond donors (Lipinski definition) is 2. The lowest BCUT2D eigenvalue weighted by Gasteiger charge is -2.11. The summed E-state index contributed by atoms with van der Waals surface area (Å²) < 4.78 is 13.6. The van der Waals surface area contributed by atoms with Gasteiger partial charge in [0.1, 0.15) is 5.82 Å². The molecule has 0 radical (unpaired) electrons. The Morgan fingerprint density at radius 1 is 1.32 bits per heavy atom. The molecule has 0 heterocycles. The zero-order valence-corrected chi connectivity index (χ0v) is 11.0. The predicted octanol–water partition coefficient (Wildman–Crippen LogP) is 3.62. The molecule has 3 nitrogen and oxygen atoms in total. The van der Waals surface area contributed by atoms with E-state index in [1.165, 1.54) is 12.1 Å². The fourth-order valence-corrected chi connectivity index (χ4v) is 1.96. The van der Waals surface area contributed by atoms with E-state index in [0.717, 1.165) is 11.6 Å². The minimum Gasteiger partial charge on any atom is -0.399 e. The molecule has 0 saturated heterocycles. The molecular formula is C14H12ClFN2O. The summed E-state index contributed by atoms with van der Waals surface area (Å²) in [6.45, 7) is 1.80. The molecule has 2 rings (SSSR count). The fraction of sp³-hybridized carbons (Fsp3) is 0.0714. The van der Waals surface area contributed by atoms with E-state index in [1.54, 1.807) is 25.1 Å². The maximum absolute atomic E-state index is 13.6. The van der Waals surface area contributed by atoms with Crippen LogP contribution in [0.2, 0.25) is 5.02 Å². The van der Waals surface area contributed by atoms with Crippen molar-refractivity contribution in [3.63, 3.8) is 0 Å². The Balaban J connectivity index is 2.34. The largest absolute Gasteiger partial charge is 0.399 e. The van der Waals surface area contributed by atoms with Crippen molar-refractivity contribution >= 4 is 28.9 Å². The number of benzene rings is 2. The van der Waals surface area contributed by atoms with Crippen LogP contribution in [0.1, 0.15) is 15.9 Å². The molecule has 0 unspecified atom stereocenters. The molecule has 0 bridgehead atoms. The van der Waals surface area contributed by atoms with Crippen molar-refractivity contribution in [3.05, 3.63) is 58.4 Å². The molecule has 0 atom stereocenters. The Bertz CT molecular complexity index is 623. The standard InChI is InChI=1S/C14H12ClFN2O/c1-8-3-2-4-11(15)13(8)18-14(19)10-7-9(17)5-6-12(10)16/h2-7H,17H2,1H3,(H,18,19). The van der Waals surface area contributed by atoms with Gasteiger partial charge >= 0.3 is 0 Å². The highest BCUT2D eigenvalue weighted by molar-refractivity contribution is 6.34. The van der Waals surface area contributed by atoms with Gasteiger partial charge in [-0.05, 0) is 36.8 Å². The molecule has 0 aliphatic heterocycles. The zero-order valence-electron chi connectivity index (χ0n) is 10.2. The number of para-hydroxylation sites is 1. The van der Waals surface area contributed by atoms with E-state index in [-0.39, 0.29) is 5.56 Å². The highest BCUT2D eigenvalue weighted by Gasteiger charge is 2.14. The lowest BCUT2D eigenvalue weighted by Crippen LogP contribution is -2.15. The number of anilines is 2. The molecule has 5 heteroatoms. The van der Waals surface area contributed by atoms with E-state index < -0.39 is 11.7 Å². The van der Waals surface area contributed by atoms with Crippen molar-refractivity contribution < 1.29 is 9.18 Å². The number of nitrogens with one attached hydrogen (secondary N) is 1. The van der Waals surface area contributed by atoms with Gasteiger partial charge in [0.2, 0.25) is 0 Å². The number of carbonyl (C=O) groups is 1. The van der Waals surface area contributed by atoms with Gasteiger partial charge in [0.25, 0.3) is 5.91 Å². The topological polar surface area (TPSA) is 55.1 Å². The summed E-state index contributed by atoms with van der Waals surface area (Å²) in [5, 5.41) is 3.00. The summed E-state index contributed by atoms with van der Waals surface area (Å²) in [4.78, 5) is 12.0. The van der Waals surface area contributed by atoms with Gasteiger partial charge in [0.15, 0.2) is 0 Å². The third-order valence-corrected chi connectivity index (χ3v) is 3.01. The predicted molar refractivity (Wildman–Crippen MR) is 75.0 cm³/mol. The van der Waals surface area contributed by atoms with Crippen LogP contribution in [0.3, 0.4) is 0 Å². The molecule has 3 N–H and O–H groups in total. The molecule has 1 amide bonds. The third kappa shape index (κ3) is 2.85. The first-order valence-electron chi connectivity index (χ1n) is 5.60. The van der Waals surface area contributed by atoms with Crippen molar-refractivity contribution in [2.24, 2.45) is 0 Å². The van der Waals surface area contributed by atoms with Gasteiger partial charge in [-0.1, -0.05) is 23.7 Å². The summed E-state index contributed by atoms with van der Waals surface area (Å²) in [5.41, 5.74) is 7.02. The average molecular weight is 279 g/mol. The van der Waals surface area contributed by atoms with E-state index >= 15 is 0 Å². The molecule has 2 aromatic rings. The van der Waals surface area contributed by atoms with Gasteiger partial charge in [0.05, 0.1) is 16.3 Å². The highest BCUT2D eigenvalue weighted by Crippen LogP contribution is 2.26. The molecule has 0 aliphatic rings. The van der Waals surface area contributed by atoms with Crippen LogP contribution in [0, 0.1) is 12.7 Å². The highest BCUT2D eigenvalue weighted by atomic mass is 35.5. The van der Waals surface area contributed by atoms with Crippen LogP contribution in [0.25, 0.3) is 0 Å². The van der Waals surface area contributed by atoms with E-state index in [1.807, 2.05) is 0 Å². The van der Waals surface area contributed by atoms with Gasteiger partial charge in [0, 0.05) is 5.69 Å². The first-order chi connectivity index (χ1) is 8.99. The van der Waals surface area contributed by atoms with Crippen molar-refractivity contribution in [1.29, 1.82) is 0 Å². The van der Waals surface area contributed by atoms with E-state index in [9.17, 15) is 9.18 Å². The van der Waals surface area contributed by atoms with Crippen LogP contribution in [0.5, 0.6) is 0 Å². The van der Waals surface area contributed by atoms with Crippen molar-refractivity contribution in [2.45, 2.75) is 6.92 Å². The molecule has 2 aromatic carbocycles. The second-order valence-electron chi connectivity index (χ2n) is 4.13. The van der Waals surface area contributed by atoms with Gasteiger partial charge in [-0.3, -0.25) is 4.79 Å². The number of aryl methyl sites for hydroxylation is 1. The average Bonchev–Trinajstić information content (AvgIpc) is 2.37. The maximum Gasteiger partial charge on any atom is 0.258 e. The Labute approximate surface area is 115 Å². The summed E-state index contributed by atoms with van der Waals surface area (Å²) in [7, 11) is 0. The second-order valence-corrected chi connectivity index (χ2v) is 4.53. The molecule has 0 saturated carbocycles. The van der Waals surface area contributed by atoms with Crippen LogP contribution in [-0.2, 0) is 0 Å². The number of amides is 1. The molecule has 98 valence electrons. The SMILES string of the molecule is Cc1cccc(Cl)c1NC(=O)c1cc(N)ccc1F. The third-order valence-electron chi connectivity index (χ3n) is 2.70. The second kappa shape index (κ2) is 5.28. The van der Waals surface area contributed by atoms with Gasteiger partial charge in [-0.25, -0.2) is 4.39 Å². The quantitative estimate of drug-likeness (QED) is 0.824. The lowest BCUT2D eigenvalue weighted by atomic mass is 10.1. The fourth-order valence-electron chi connectivity index (χ4n) is 1.69. The van der Waals surface area contributed by atoms with Crippen LogP contribution < -0.4 is 11.1 Å². The van der Waals surface area contributed by atoms with Crippen LogP contribution in [-0.4, -0.2) is 5.91 Å². The number of nitrogens with two attached hydrogens (primary N) is 1. The van der Waals surface area contributed by atoms with Crippen LogP contribution in [0.15, 0.2) is 36.4 Å². The van der Waals surface area contributed by atoms with E-state index in [4.69, 9.17) is 17.3 Å². The monoisotopic (exact) mass is 278 g/mol. The minimum atomic E-state index is -0.628. The molecule has 0 spiro atoms. The van der Waals surface area contributed by atoms with Gasteiger partial charge < -0.3 is 11.1 Å². The number of hydrogen-bond acceptors (Lipinski definition) is 2. The number of nitrogen functional groups attached to an aromatic ring is 1. The summed E-state index contributed by atoms with van der Waals surface area (Å²) >= 11 is 6.00. The molecule has 0 fully saturated rings. The zero-order chi connectivity index (χ0) is 14.0. The molecular weight excluding hydrogens is 267 g/mol. The minimum absolute atomic E-state index is 0.112. The van der Waals surface area contributed by atoms with Crippen molar-refractivity contribution in [2.75, 3.05) is 11.1 Å². The van der Waals surface area contributed by atoms with Crippen LogP contribution in [0.4, 0.5) is 15.8 Å². The van der Waals surface area contributed by atoms with Crippen LogP contribution >= 0.6 is 11.6 Å². The molecule has 0 aromatic heterocycles. The maximum atomic E-state index is 13.6. The summed E-state index contributed by atoms with van der Waals surface area (Å²) in [6, 6.07) is 9.07. The Kier molecular flexibility index (Phi) is 3.71. The van der Waals surface area contributed by atoms with Gasteiger partial charge in [-0.2, -0.15) is 0 Å².